The fourth-order valence-corrected chi connectivity index (χ4v) is 2.11. The van der Waals surface area contributed by atoms with Gasteiger partial charge in [0.25, 0.3) is 0 Å². The summed E-state index contributed by atoms with van der Waals surface area (Å²) in [7, 11) is 1.72. The Morgan fingerprint density at radius 2 is 1.95 bits per heavy atom. The molecule has 21 heavy (non-hydrogen) atoms. The van der Waals surface area contributed by atoms with E-state index in [4.69, 9.17) is 5.11 Å². The van der Waals surface area contributed by atoms with Crippen LogP contribution < -0.4 is 5.32 Å². The van der Waals surface area contributed by atoms with Gasteiger partial charge in [0, 0.05) is 19.6 Å². The van der Waals surface area contributed by atoms with Crippen molar-refractivity contribution in [2.24, 2.45) is 0 Å². The van der Waals surface area contributed by atoms with E-state index in [9.17, 15) is 9.59 Å². The number of rotatable bonds is 8. The SMILES string of the molecule is CCCC(CC(=O)O)NC(=O)N(C)CCc1ccccc1. The van der Waals surface area contributed by atoms with Gasteiger partial charge in [-0.1, -0.05) is 43.7 Å². The monoisotopic (exact) mass is 292 g/mol. The third kappa shape index (κ3) is 6.79. The Morgan fingerprint density at radius 1 is 1.29 bits per heavy atom. The molecule has 5 nitrogen and oxygen atoms in total. The molecular formula is C16H24N2O3. The Kier molecular flexibility index (Phi) is 7.29. The van der Waals surface area contributed by atoms with Crippen LogP contribution in [0.2, 0.25) is 0 Å². The van der Waals surface area contributed by atoms with Crippen LogP contribution in [0.25, 0.3) is 0 Å². The van der Waals surface area contributed by atoms with Gasteiger partial charge >= 0.3 is 12.0 Å². The molecule has 5 heteroatoms. The number of nitrogens with one attached hydrogen (secondary N) is 1. The minimum absolute atomic E-state index is 0.0356. The predicted molar refractivity (Wildman–Crippen MR) is 82.3 cm³/mol. The normalized spacial score (nSPS) is 11.7. The van der Waals surface area contributed by atoms with Gasteiger partial charge in [-0.2, -0.15) is 0 Å². The summed E-state index contributed by atoms with van der Waals surface area (Å²) in [5, 5.41) is 11.6. The summed E-state index contributed by atoms with van der Waals surface area (Å²) in [6.07, 6.45) is 2.25. The smallest absolute Gasteiger partial charge is 0.317 e. The van der Waals surface area contributed by atoms with Crippen molar-refractivity contribution in [1.82, 2.24) is 10.2 Å². The molecular weight excluding hydrogens is 268 g/mol. The third-order valence-corrected chi connectivity index (χ3v) is 3.31. The van der Waals surface area contributed by atoms with Gasteiger partial charge in [-0.15, -0.1) is 0 Å². The van der Waals surface area contributed by atoms with Crippen molar-refractivity contribution in [2.75, 3.05) is 13.6 Å². The molecule has 0 saturated heterocycles. The van der Waals surface area contributed by atoms with E-state index in [-0.39, 0.29) is 18.5 Å². The lowest BCUT2D eigenvalue weighted by atomic mass is 10.1. The fraction of sp³-hybridized carbons (Fsp3) is 0.500. The summed E-state index contributed by atoms with van der Waals surface area (Å²) in [5.74, 6) is -0.888. The van der Waals surface area contributed by atoms with E-state index < -0.39 is 5.97 Å². The van der Waals surface area contributed by atoms with Gasteiger partial charge in [-0.05, 0) is 18.4 Å². The zero-order chi connectivity index (χ0) is 15.7. The zero-order valence-electron chi connectivity index (χ0n) is 12.7. The maximum atomic E-state index is 12.1. The number of amides is 2. The third-order valence-electron chi connectivity index (χ3n) is 3.31. The van der Waals surface area contributed by atoms with Crippen LogP contribution in [0.5, 0.6) is 0 Å². The highest BCUT2D eigenvalue weighted by Crippen LogP contribution is 2.04. The Labute approximate surface area is 126 Å². The van der Waals surface area contributed by atoms with Crippen LogP contribution in [-0.2, 0) is 11.2 Å². The van der Waals surface area contributed by atoms with Gasteiger partial charge in [0.2, 0.25) is 0 Å². The first-order chi connectivity index (χ1) is 10.0. The average molecular weight is 292 g/mol. The van der Waals surface area contributed by atoms with Gasteiger partial charge < -0.3 is 15.3 Å². The predicted octanol–water partition coefficient (Wildman–Crippen LogP) is 2.51. The van der Waals surface area contributed by atoms with Gasteiger partial charge in [0.1, 0.15) is 0 Å². The molecule has 0 aromatic heterocycles. The molecule has 0 bridgehead atoms. The fourth-order valence-electron chi connectivity index (χ4n) is 2.11. The summed E-state index contributed by atoms with van der Waals surface area (Å²) in [4.78, 5) is 24.4. The lowest BCUT2D eigenvalue weighted by molar-refractivity contribution is -0.137. The van der Waals surface area contributed by atoms with E-state index in [0.717, 1.165) is 12.8 Å². The van der Waals surface area contributed by atoms with E-state index in [2.05, 4.69) is 5.32 Å². The van der Waals surface area contributed by atoms with Gasteiger partial charge in [-0.3, -0.25) is 4.79 Å². The summed E-state index contributed by atoms with van der Waals surface area (Å²) >= 11 is 0. The molecule has 1 atom stereocenters. The molecule has 1 aromatic carbocycles. The van der Waals surface area contributed by atoms with Gasteiger partial charge in [0.05, 0.1) is 6.42 Å². The van der Waals surface area contributed by atoms with Crippen molar-refractivity contribution in [3.05, 3.63) is 35.9 Å². The number of carbonyl (C=O) groups is 2. The van der Waals surface area contributed by atoms with Crippen LogP contribution in [0.15, 0.2) is 30.3 Å². The average Bonchev–Trinajstić information content (AvgIpc) is 2.45. The standard InChI is InChI=1S/C16H24N2O3/c1-3-7-14(12-15(19)20)17-16(21)18(2)11-10-13-8-5-4-6-9-13/h4-6,8-9,14H,3,7,10-12H2,1-2H3,(H,17,21)(H,19,20). The van der Waals surface area contributed by atoms with Crippen LogP contribution in [0, 0.1) is 0 Å². The van der Waals surface area contributed by atoms with Crippen molar-refractivity contribution in [2.45, 2.75) is 38.6 Å². The number of hydrogen-bond donors (Lipinski definition) is 2. The summed E-state index contributed by atoms with van der Waals surface area (Å²) in [6.45, 7) is 2.57. The molecule has 2 N–H and O–H groups in total. The second-order valence-corrected chi connectivity index (χ2v) is 5.19. The van der Waals surface area contributed by atoms with Crippen LogP contribution in [0.4, 0.5) is 4.79 Å². The maximum absolute atomic E-state index is 12.1. The van der Waals surface area contributed by atoms with Crippen molar-refractivity contribution in [3.63, 3.8) is 0 Å². The first-order valence-electron chi connectivity index (χ1n) is 7.30. The van der Waals surface area contributed by atoms with Crippen LogP contribution >= 0.6 is 0 Å². The number of benzene rings is 1. The molecule has 0 aliphatic carbocycles. The number of carboxylic acid groups (broad SMARTS) is 1. The number of hydrogen-bond acceptors (Lipinski definition) is 2. The number of urea groups is 1. The van der Waals surface area contributed by atoms with Crippen molar-refractivity contribution in [3.8, 4) is 0 Å². The van der Waals surface area contributed by atoms with Crippen LogP contribution in [0.1, 0.15) is 31.7 Å². The Hall–Kier alpha value is -2.04. The Balaban J connectivity index is 2.43. The molecule has 0 radical (unpaired) electrons. The lowest BCUT2D eigenvalue weighted by Gasteiger charge is -2.22. The largest absolute Gasteiger partial charge is 0.481 e. The first kappa shape index (κ1) is 17.0. The molecule has 0 saturated carbocycles. The van der Waals surface area contributed by atoms with Gasteiger partial charge in [0.15, 0.2) is 0 Å². The number of carboxylic acids is 1. The van der Waals surface area contributed by atoms with Crippen LogP contribution in [0.3, 0.4) is 0 Å². The van der Waals surface area contributed by atoms with E-state index in [0.29, 0.717) is 13.0 Å². The maximum Gasteiger partial charge on any atom is 0.317 e. The van der Waals surface area contributed by atoms with Gasteiger partial charge in [-0.25, -0.2) is 4.79 Å². The molecule has 0 aliphatic rings. The second kappa shape index (κ2) is 9.00. The first-order valence-corrected chi connectivity index (χ1v) is 7.30. The molecule has 2 amide bonds. The van der Waals surface area contributed by atoms with Crippen LogP contribution in [-0.4, -0.2) is 41.6 Å². The minimum atomic E-state index is -0.888. The number of aliphatic carboxylic acids is 1. The highest BCUT2D eigenvalue weighted by Gasteiger charge is 2.17. The summed E-state index contributed by atoms with van der Waals surface area (Å²) in [5.41, 5.74) is 1.17. The molecule has 116 valence electrons. The molecule has 1 aromatic rings. The zero-order valence-corrected chi connectivity index (χ0v) is 12.7. The topological polar surface area (TPSA) is 69.6 Å². The quantitative estimate of drug-likeness (QED) is 0.773. The van der Waals surface area contributed by atoms with E-state index in [1.165, 1.54) is 5.56 Å². The molecule has 0 heterocycles. The lowest BCUT2D eigenvalue weighted by Crippen LogP contribution is -2.44. The highest BCUT2D eigenvalue weighted by molar-refractivity contribution is 5.75. The molecule has 1 rings (SSSR count). The highest BCUT2D eigenvalue weighted by atomic mass is 16.4. The summed E-state index contributed by atoms with van der Waals surface area (Å²) in [6, 6.07) is 9.43. The van der Waals surface area contributed by atoms with E-state index in [1.807, 2.05) is 37.3 Å². The van der Waals surface area contributed by atoms with Crippen molar-refractivity contribution >= 4 is 12.0 Å². The summed E-state index contributed by atoms with van der Waals surface area (Å²) < 4.78 is 0. The second-order valence-electron chi connectivity index (χ2n) is 5.19. The molecule has 0 spiro atoms. The van der Waals surface area contributed by atoms with E-state index >= 15 is 0 Å². The number of carbonyl (C=O) groups excluding carboxylic acids is 1. The number of likely N-dealkylation sites (N-methyl/N-ethyl adjacent to an activating group) is 1. The van der Waals surface area contributed by atoms with Crippen molar-refractivity contribution in [1.29, 1.82) is 0 Å². The number of nitrogens with zero attached hydrogens (tertiary/aromatic N) is 1. The minimum Gasteiger partial charge on any atom is -0.481 e. The van der Waals surface area contributed by atoms with Crippen molar-refractivity contribution < 1.29 is 14.7 Å². The Morgan fingerprint density at radius 3 is 2.52 bits per heavy atom. The molecule has 0 fully saturated rings. The molecule has 1 unspecified atom stereocenters. The van der Waals surface area contributed by atoms with E-state index in [1.54, 1.807) is 11.9 Å². The Bertz CT molecular complexity index is 448. The molecule has 0 aliphatic heterocycles.